The molecule has 0 radical (unpaired) electrons. The number of aliphatic hydroxyl groups is 2. The molecule has 64 heavy (non-hydrogen) atoms. The number of Topliss-reactive ketones (excluding diaryl/α,β-unsaturated/α-hetero) is 2. The van der Waals surface area contributed by atoms with Crippen LogP contribution in [0.3, 0.4) is 0 Å². The van der Waals surface area contributed by atoms with E-state index in [4.69, 9.17) is 42.1 Å². The van der Waals surface area contributed by atoms with Crippen LogP contribution >= 0.6 is 0 Å². The van der Waals surface area contributed by atoms with Crippen molar-refractivity contribution in [3.8, 4) is 46.0 Å². The molecule has 0 saturated heterocycles. The number of halogens is 1. The molecule has 6 aliphatic heterocycles. The van der Waals surface area contributed by atoms with Crippen molar-refractivity contribution in [3.05, 3.63) is 105 Å². The molecule has 0 saturated carbocycles. The molecule has 0 spiro atoms. The van der Waals surface area contributed by atoms with Gasteiger partial charge in [-0.1, -0.05) is 0 Å². The second-order valence-corrected chi connectivity index (χ2v) is 18.3. The summed E-state index contributed by atoms with van der Waals surface area (Å²) < 4.78 is 87.8. The maximum Gasteiger partial charge on any atom is 0.264 e. The van der Waals surface area contributed by atoms with E-state index in [1.807, 2.05) is 0 Å². The predicted molar refractivity (Wildman–Crippen MR) is 228 cm³/mol. The smallest absolute Gasteiger partial charge is 0.264 e. The van der Waals surface area contributed by atoms with Crippen molar-refractivity contribution < 1.29 is 74.7 Å². The van der Waals surface area contributed by atoms with Crippen LogP contribution in [0.2, 0.25) is 0 Å². The molecule has 6 aliphatic rings. The summed E-state index contributed by atoms with van der Waals surface area (Å²) in [6.07, 6.45) is 6.74. The Morgan fingerprint density at radius 3 is 1.58 bits per heavy atom. The maximum atomic E-state index is 13.6. The van der Waals surface area contributed by atoms with Gasteiger partial charge >= 0.3 is 0 Å². The van der Waals surface area contributed by atoms with Gasteiger partial charge in [-0.2, -0.15) is 8.42 Å². The maximum absolute atomic E-state index is 13.6. The summed E-state index contributed by atoms with van der Waals surface area (Å²) in [5.74, 6) is 2.47. The Labute approximate surface area is 368 Å². The van der Waals surface area contributed by atoms with Crippen molar-refractivity contribution in [2.24, 2.45) is 0 Å². The third kappa shape index (κ3) is 7.49. The molecule has 0 fully saturated rings. The second-order valence-electron chi connectivity index (χ2n) is 16.6. The molecule has 10 rings (SSSR count). The van der Waals surface area contributed by atoms with Gasteiger partial charge in [0.1, 0.15) is 90.3 Å². The normalized spacial score (nSPS) is 25.1. The lowest BCUT2D eigenvalue weighted by Gasteiger charge is -2.39. The molecule has 0 aliphatic carbocycles. The average molecular weight is 900 g/mol. The Bertz CT molecular complexity index is 2770. The van der Waals surface area contributed by atoms with E-state index in [0.717, 1.165) is 6.26 Å². The zero-order chi connectivity index (χ0) is 45.3. The van der Waals surface area contributed by atoms with Crippen LogP contribution in [0.25, 0.3) is 12.2 Å². The molecule has 17 heteroatoms. The van der Waals surface area contributed by atoms with E-state index in [1.54, 1.807) is 86.7 Å². The first-order valence-corrected chi connectivity index (χ1v) is 22.2. The van der Waals surface area contributed by atoms with E-state index in [2.05, 4.69) is 0 Å². The molecule has 4 aromatic carbocycles. The van der Waals surface area contributed by atoms with Crippen molar-refractivity contribution in [3.63, 3.8) is 0 Å². The fourth-order valence-corrected chi connectivity index (χ4v) is 9.21. The summed E-state index contributed by atoms with van der Waals surface area (Å²) in [5.41, 5.74) is 2.55. The zero-order valence-electron chi connectivity index (χ0n) is 35.5. The quantitative estimate of drug-likeness (QED) is 0.199. The van der Waals surface area contributed by atoms with Gasteiger partial charge < -0.3 is 48.1 Å². The van der Waals surface area contributed by atoms with Crippen molar-refractivity contribution in [1.29, 1.82) is 0 Å². The van der Waals surface area contributed by atoms with Gasteiger partial charge in [-0.05, 0) is 86.7 Å². The van der Waals surface area contributed by atoms with Crippen molar-refractivity contribution >= 4 is 33.8 Å². The van der Waals surface area contributed by atoms with E-state index in [-0.39, 0.29) is 44.6 Å². The molecule has 4 aromatic rings. The van der Waals surface area contributed by atoms with Gasteiger partial charge in [-0.3, -0.25) is 13.8 Å². The largest absolute Gasteiger partial charge is 0.496 e. The minimum absolute atomic E-state index is 0.0837. The molecular weight excluding hydrogens is 855 g/mol. The molecule has 2 N–H and O–H groups in total. The van der Waals surface area contributed by atoms with Crippen molar-refractivity contribution in [1.82, 2.24) is 0 Å². The second kappa shape index (κ2) is 16.1. The third-order valence-corrected chi connectivity index (χ3v) is 12.6. The van der Waals surface area contributed by atoms with Gasteiger partial charge in [0.2, 0.25) is 0 Å². The molecule has 0 bridgehead atoms. The number of methoxy groups -OCH3 is 2. The number of aliphatic hydroxyl groups excluding tert-OH is 2. The molecule has 6 heterocycles. The van der Waals surface area contributed by atoms with Crippen LogP contribution in [-0.2, 0) is 27.5 Å². The van der Waals surface area contributed by atoms with Crippen LogP contribution < -0.4 is 37.9 Å². The molecule has 0 aromatic heterocycles. The highest BCUT2D eigenvalue weighted by Crippen LogP contribution is 2.51. The zero-order valence-corrected chi connectivity index (χ0v) is 36.3. The van der Waals surface area contributed by atoms with E-state index < -0.39 is 52.0 Å². The third-order valence-electron chi connectivity index (χ3n) is 12.0. The monoisotopic (exact) mass is 899 g/mol. The van der Waals surface area contributed by atoms with Gasteiger partial charge in [-0.15, -0.1) is 0 Å². The fraction of sp³-hybridized carbons (Fsp3) is 0.362. The average Bonchev–Trinajstić information content (AvgIpc) is 3.29. The number of alkyl halides is 1. The highest BCUT2D eigenvalue weighted by molar-refractivity contribution is 7.86. The fourth-order valence-electron chi connectivity index (χ4n) is 8.76. The number of benzene rings is 4. The summed E-state index contributed by atoms with van der Waals surface area (Å²) in [5, 5.41) is 19.2. The van der Waals surface area contributed by atoms with Crippen LogP contribution in [-0.4, -0.2) is 101 Å². The number of hydrogen-bond donors (Lipinski definition) is 2. The molecule has 336 valence electrons. The highest BCUT2D eigenvalue weighted by Gasteiger charge is 2.47. The molecular formula is C47H45FO15S. The summed E-state index contributed by atoms with van der Waals surface area (Å²) in [7, 11) is -0.610. The first kappa shape index (κ1) is 43.1. The summed E-state index contributed by atoms with van der Waals surface area (Å²) in [6.45, 7) is 2.46. The number of hydrogen-bond acceptors (Lipinski definition) is 15. The van der Waals surface area contributed by atoms with E-state index in [1.165, 1.54) is 14.2 Å². The molecule has 0 amide bonds. The Balaban J connectivity index is 0.000000163. The summed E-state index contributed by atoms with van der Waals surface area (Å²) >= 11 is 0. The topological polar surface area (TPSA) is 192 Å². The van der Waals surface area contributed by atoms with Crippen LogP contribution in [0, 0.1) is 0 Å². The number of fused-ring (bicyclic) bond motifs is 12. The number of carbonyl (C=O) groups is 2. The summed E-state index contributed by atoms with van der Waals surface area (Å²) in [4.78, 5) is 27.1. The van der Waals surface area contributed by atoms with Crippen LogP contribution in [0.15, 0.2) is 60.7 Å². The van der Waals surface area contributed by atoms with Crippen molar-refractivity contribution in [2.45, 2.75) is 62.3 Å². The molecule has 2 unspecified atom stereocenters. The Morgan fingerprint density at radius 2 is 1.16 bits per heavy atom. The Hall–Kier alpha value is -6.14. The minimum atomic E-state index is -3.63. The SMILES string of the molecule is COc1cc2c(cc1CO)OC[C@H]1Oc3c(ccc4c3C=CC(C)(COS(C)(=O)=O)O4)C(=O)[C@@H]21.COc1cc2c(cc1CO)OC[C@H]1Oc3c(ccc4c3C=CC(C)(C[18F])O4)C(=O)[C@@H]21. The van der Waals surface area contributed by atoms with Crippen molar-refractivity contribution in [2.75, 3.05) is 47.0 Å². The van der Waals surface area contributed by atoms with Gasteiger partial charge in [0.15, 0.2) is 17.2 Å². The van der Waals surface area contributed by atoms with Crippen LogP contribution in [0.5, 0.6) is 46.0 Å². The van der Waals surface area contributed by atoms with Gasteiger partial charge in [0.25, 0.3) is 10.1 Å². The predicted octanol–water partition coefficient (Wildman–Crippen LogP) is 5.89. The van der Waals surface area contributed by atoms with Gasteiger partial charge in [0.05, 0.1) is 67.8 Å². The van der Waals surface area contributed by atoms with E-state index >= 15 is 0 Å². The first-order valence-electron chi connectivity index (χ1n) is 20.4. The highest BCUT2D eigenvalue weighted by atomic mass is 32.2. The number of rotatable bonds is 8. The molecule has 6 atom stereocenters. The Morgan fingerprint density at radius 1 is 0.703 bits per heavy atom. The number of carbonyl (C=O) groups excluding carboxylic acids is 2. The standard InChI is InChI=1S/C24H24O9S.C23H21FO6/c1-24(12-31-34(3,27)28)7-6-14-17(33-24)5-4-15-22(26)21-16-9-18(29-2)13(10-25)8-19(16)30-11-20(21)32-23(14)15;1-23(11-24)6-5-13-16(30-23)4-3-14-21(26)20-15-8-17(27-2)12(9-25)7-18(15)28-10-19(20)29-22(13)14/h4-9,20-21,25H,10-12H2,1-3H3;3-8,19-20,25H,9-11H2,1-2H3/t20-,21+,24?;19-,20+,23?/m11/s1/i;24-1. The summed E-state index contributed by atoms with van der Waals surface area (Å²) in [6, 6.07) is 13.5. The van der Waals surface area contributed by atoms with E-state index in [0.29, 0.717) is 90.5 Å². The van der Waals surface area contributed by atoms with Gasteiger partial charge in [-0.25, -0.2) is 4.39 Å². The lowest BCUT2D eigenvalue weighted by atomic mass is 9.80. The first-order chi connectivity index (χ1) is 30.6. The van der Waals surface area contributed by atoms with Crippen LogP contribution in [0.1, 0.15) is 79.8 Å². The minimum Gasteiger partial charge on any atom is -0.496 e. The lowest BCUT2D eigenvalue weighted by Crippen LogP contribution is -2.43. The van der Waals surface area contributed by atoms with Gasteiger partial charge in [0, 0.05) is 22.3 Å². The number of ketones is 2. The van der Waals surface area contributed by atoms with Crippen LogP contribution in [0.4, 0.5) is 4.39 Å². The number of ether oxygens (including phenoxy) is 8. The van der Waals surface area contributed by atoms with E-state index in [9.17, 15) is 32.6 Å². The molecule has 15 nitrogen and oxygen atoms in total. The lowest BCUT2D eigenvalue weighted by molar-refractivity contribution is 0.0538. The Kier molecular flexibility index (Phi) is 10.9.